The number of unbranched alkanes of at least 4 members (excludes halogenated alkanes) is 6. The number of rotatable bonds is 16. The van der Waals surface area contributed by atoms with Gasteiger partial charge in [0.2, 0.25) is 0 Å². The molecule has 1 heterocycles. The maximum absolute atomic E-state index is 12.0. The van der Waals surface area contributed by atoms with E-state index in [2.05, 4.69) is 19.1 Å². The molecule has 1 saturated heterocycles. The Kier molecular flexibility index (Phi) is 17.7. The molecule has 0 spiro atoms. The van der Waals surface area contributed by atoms with E-state index in [1.807, 2.05) is 18.2 Å². The van der Waals surface area contributed by atoms with Crippen LogP contribution in [-0.2, 0) is 35.0 Å². The lowest BCUT2D eigenvalue weighted by molar-refractivity contribution is -0.224. The number of aryl methyl sites for hydroxylation is 1. The second-order valence-corrected chi connectivity index (χ2v) is 9.44. The standard InChI is InChI=1S/C26H43NO5.C2HF3O2/c1-3-4-5-6-7-8-12-17-22-26(32-24(28)19-27)25(29-2)23(20-31-22)30-18-13-16-21-14-10-9-11-15-21;3-2(4,5)1(6)7/h9-11,14-15,22-23,25-26H,3-8,12-13,16-20,27H2,1-2H3;(H,6,7)/t22-,23+,25-,26+;/m0./s1. The van der Waals surface area contributed by atoms with Gasteiger partial charge in [-0.2, -0.15) is 13.2 Å². The summed E-state index contributed by atoms with van der Waals surface area (Å²) in [6.45, 7) is 3.12. The number of nitrogens with two attached hydrogens (primary N) is 1. The van der Waals surface area contributed by atoms with Crippen LogP contribution in [0.2, 0.25) is 0 Å². The molecule has 11 heteroatoms. The van der Waals surface area contributed by atoms with Gasteiger partial charge in [0.1, 0.15) is 12.2 Å². The number of esters is 1. The molecule has 0 aromatic heterocycles. The monoisotopic (exact) mass is 563 g/mol. The molecule has 2 rings (SSSR count). The van der Waals surface area contributed by atoms with Crippen molar-refractivity contribution in [3.63, 3.8) is 0 Å². The van der Waals surface area contributed by atoms with Gasteiger partial charge in [-0.15, -0.1) is 0 Å². The Morgan fingerprint density at radius 1 is 1.03 bits per heavy atom. The molecule has 1 aliphatic rings. The molecule has 0 aliphatic carbocycles. The molecule has 0 saturated carbocycles. The molecule has 1 aliphatic heterocycles. The first-order valence-corrected chi connectivity index (χ1v) is 13.6. The molecular formula is C28H44F3NO7. The Labute approximate surface area is 229 Å². The van der Waals surface area contributed by atoms with Gasteiger partial charge in [-0.1, -0.05) is 82.2 Å². The highest BCUT2D eigenvalue weighted by atomic mass is 19.4. The van der Waals surface area contributed by atoms with Crippen LogP contribution in [0.25, 0.3) is 0 Å². The minimum absolute atomic E-state index is 0.153. The van der Waals surface area contributed by atoms with Crippen molar-refractivity contribution in [2.45, 2.75) is 102 Å². The number of carboxylic acids is 1. The highest BCUT2D eigenvalue weighted by Gasteiger charge is 2.43. The van der Waals surface area contributed by atoms with Gasteiger partial charge in [0, 0.05) is 13.7 Å². The molecule has 1 aromatic carbocycles. The Morgan fingerprint density at radius 2 is 1.64 bits per heavy atom. The van der Waals surface area contributed by atoms with Gasteiger partial charge in [-0.3, -0.25) is 4.79 Å². The zero-order valence-electron chi connectivity index (χ0n) is 23.0. The van der Waals surface area contributed by atoms with Gasteiger partial charge in [0.15, 0.2) is 6.10 Å². The lowest BCUT2D eigenvalue weighted by atomic mass is 9.95. The van der Waals surface area contributed by atoms with E-state index >= 15 is 0 Å². The minimum Gasteiger partial charge on any atom is -0.475 e. The molecule has 0 unspecified atom stereocenters. The summed E-state index contributed by atoms with van der Waals surface area (Å²) in [4.78, 5) is 20.9. The van der Waals surface area contributed by atoms with Crippen molar-refractivity contribution >= 4 is 11.9 Å². The fourth-order valence-electron chi connectivity index (χ4n) is 4.31. The van der Waals surface area contributed by atoms with Crippen LogP contribution in [0.3, 0.4) is 0 Å². The van der Waals surface area contributed by atoms with E-state index < -0.39 is 24.2 Å². The molecule has 3 N–H and O–H groups in total. The van der Waals surface area contributed by atoms with E-state index in [1.165, 1.54) is 37.7 Å². The van der Waals surface area contributed by atoms with Crippen LogP contribution in [0.4, 0.5) is 13.2 Å². The number of methoxy groups -OCH3 is 1. The number of hydrogen-bond acceptors (Lipinski definition) is 7. The Bertz CT molecular complexity index is 795. The van der Waals surface area contributed by atoms with Gasteiger partial charge < -0.3 is 29.8 Å². The van der Waals surface area contributed by atoms with Gasteiger partial charge >= 0.3 is 18.1 Å². The minimum atomic E-state index is -5.08. The average molecular weight is 564 g/mol. The van der Waals surface area contributed by atoms with Crippen LogP contribution < -0.4 is 5.73 Å². The summed E-state index contributed by atoms with van der Waals surface area (Å²) in [5, 5.41) is 7.12. The Hall–Kier alpha value is -2.21. The zero-order valence-corrected chi connectivity index (χ0v) is 23.0. The van der Waals surface area contributed by atoms with Crippen molar-refractivity contribution in [2.75, 3.05) is 26.9 Å². The third-order valence-electron chi connectivity index (χ3n) is 6.36. The molecule has 0 bridgehead atoms. The van der Waals surface area contributed by atoms with Crippen LogP contribution in [0.15, 0.2) is 30.3 Å². The normalized spacial score (nSPS) is 21.1. The quantitative estimate of drug-likeness (QED) is 0.212. The van der Waals surface area contributed by atoms with Gasteiger partial charge in [0.25, 0.3) is 0 Å². The predicted octanol–water partition coefficient (Wildman–Crippen LogP) is 5.06. The molecule has 0 amide bonds. The second-order valence-electron chi connectivity index (χ2n) is 9.44. The van der Waals surface area contributed by atoms with E-state index in [0.717, 1.165) is 32.1 Å². The van der Waals surface area contributed by atoms with Crippen molar-refractivity contribution in [2.24, 2.45) is 5.73 Å². The summed E-state index contributed by atoms with van der Waals surface area (Å²) in [6.07, 6.45) is 4.93. The molecular weight excluding hydrogens is 519 g/mol. The number of aliphatic carboxylic acids is 1. The number of carbonyl (C=O) groups is 2. The van der Waals surface area contributed by atoms with Crippen molar-refractivity contribution < 1.29 is 46.8 Å². The van der Waals surface area contributed by atoms with Crippen LogP contribution in [0.5, 0.6) is 0 Å². The number of carboxylic acid groups (broad SMARTS) is 1. The first-order valence-electron chi connectivity index (χ1n) is 13.6. The summed E-state index contributed by atoms with van der Waals surface area (Å²) in [5.74, 6) is -3.19. The van der Waals surface area contributed by atoms with E-state index in [-0.39, 0.29) is 24.9 Å². The molecule has 4 atom stereocenters. The zero-order chi connectivity index (χ0) is 29.1. The Morgan fingerprint density at radius 3 is 2.21 bits per heavy atom. The smallest absolute Gasteiger partial charge is 0.475 e. The lowest BCUT2D eigenvalue weighted by Gasteiger charge is -2.41. The van der Waals surface area contributed by atoms with Crippen molar-refractivity contribution in [3.05, 3.63) is 35.9 Å². The lowest BCUT2D eigenvalue weighted by Crippen LogP contribution is -2.56. The summed E-state index contributed by atoms with van der Waals surface area (Å²) >= 11 is 0. The third kappa shape index (κ3) is 14.7. The van der Waals surface area contributed by atoms with Crippen molar-refractivity contribution in [3.8, 4) is 0 Å². The molecule has 39 heavy (non-hydrogen) atoms. The largest absolute Gasteiger partial charge is 0.490 e. The van der Waals surface area contributed by atoms with Crippen LogP contribution in [-0.4, -0.2) is 74.5 Å². The summed E-state index contributed by atoms with van der Waals surface area (Å²) < 4.78 is 55.4. The van der Waals surface area contributed by atoms with Crippen molar-refractivity contribution in [1.82, 2.24) is 0 Å². The highest BCUT2D eigenvalue weighted by molar-refractivity contribution is 5.73. The number of alkyl halides is 3. The number of halogens is 3. The van der Waals surface area contributed by atoms with Crippen molar-refractivity contribution in [1.29, 1.82) is 0 Å². The first kappa shape index (κ1) is 34.8. The van der Waals surface area contributed by atoms with E-state index in [0.29, 0.717) is 13.2 Å². The molecule has 8 nitrogen and oxygen atoms in total. The molecule has 1 aromatic rings. The van der Waals surface area contributed by atoms with Crippen LogP contribution >= 0.6 is 0 Å². The van der Waals surface area contributed by atoms with E-state index in [4.69, 9.17) is 34.6 Å². The third-order valence-corrected chi connectivity index (χ3v) is 6.36. The van der Waals surface area contributed by atoms with E-state index in [1.54, 1.807) is 7.11 Å². The average Bonchev–Trinajstić information content (AvgIpc) is 2.91. The summed E-state index contributed by atoms with van der Waals surface area (Å²) in [5.41, 5.74) is 6.80. The van der Waals surface area contributed by atoms with Gasteiger partial charge in [-0.05, 0) is 24.8 Å². The summed E-state index contributed by atoms with van der Waals surface area (Å²) in [7, 11) is 1.64. The topological polar surface area (TPSA) is 117 Å². The maximum atomic E-state index is 12.0. The predicted molar refractivity (Wildman–Crippen MR) is 140 cm³/mol. The SMILES string of the molecule is CCCCCCCCC[C@@H]1OC[C@@H](OCCCc2ccccc2)[C@H](OC)[C@@H]1OC(=O)CN.O=C(O)C(F)(F)F. The highest BCUT2D eigenvalue weighted by Crippen LogP contribution is 2.27. The molecule has 0 radical (unpaired) electrons. The second kappa shape index (κ2) is 19.8. The number of ether oxygens (including phenoxy) is 4. The first-order chi connectivity index (χ1) is 18.6. The molecule has 1 fully saturated rings. The van der Waals surface area contributed by atoms with Crippen LogP contribution in [0.1, 0.15) is 70.3 Å². The number of benzene rings is 1. The summed E-state index contributed by atoms with van der Waals surface area (Å²) in [6, 6.07) is 10.4. The Balaban J connectivity index is 0.000000956. The van der Waals surface area contributed by atoms with Crippen LogP contribution in [0, 0.1) is 0 Å². The maximum Gasteiger partial charge on any atom is 0.490 e. The van der Waals surface area contributed by atoms with Gasteiger partial charge in [-0.25, -0.2) is 4.79 Å². The fourth-order valence-corrected chi connectivity index (χ4v) is 4.31. The van der Waals surface area contributed by atoms with Gasteiger partial charge in [0.05, 0.1) is 19.3 Å². The number of hydrogen-bond donors (Lipinski definition) is 2. The van der Waals surface area contributed by atoms with E-state index in [9.17, 15) is 18.0 Å². The number of carbonyl (C=O) groups excluding carboxylic acids is 1. The fraction of sp³-hybridized carbons (Fsp3) is 0.714. The molecule has 224 valence electrons.